The molecule has 0 aliphatic heterocycles. The zero-order chi connectivity index (χ0) is 12.4. The summed E-state index contributed by atoms with van der Waals surface area (Å²) in [6.07, 6.45) is 6.26. The first-order chi connectivity index (χ1) is 6.60. The minimum absolute atomic E-state index is 1.25. The summed E-state index contributed by atoms with van der Waals surface area (Å²) in [5.74, 6) is 0. The quantitative estimate of drug-likeness (QED) is 0.455. The Morgan fingerprint density at radius 1 is 0.929 bits per heavy atom. The molecule has 14 heavy (non-hydrogen) atoms. The van der Waals surface area contributed by atoms with Gasteiger partial charge in [0, 0.05) is 0 Å². The summed E-state index contributed by atoms with van der Waals surface area (Å²) in [5, 5.41) is 0. The molecule has 0 fully saturated rings. The zero-order valence-corrected chi connectivity index (χ0v) is 11.8. The molecule has 88 valence electrons. The average Bonchev–Trinajstić information content (AvgIpc) is 2.10. The van der Waals surface area contributed by atoms with Crippen LogP contribution in [-0.2, 0) is 0 Å². The Balaban J connectivity index is -0.0000000536. The monoisotopic (exact) mass is 200 g/mol. The van der Waals surface area contributed by atoms with Gasteiger partial charge in [-0.25, -0.2) is 0 Å². The fourth-order valence-electron chi connectivity index (χ4n) is 0.236. The summed E-state index contributed by atoms with van der Waals surface area (Å²) in [4.78, 5) is 0. The van der Waals surface area contributed by atoms with Crippen molar-refractivity contribution in [3.63, 3.8) is 0 Å². The van der Waals surface area contributed by atoms with Gasteiger partial charge in [0.25, 0.3) is 0 Å². The highest BCUT2D eigenvalue weighted by Gasteiger charge is 1.63. The molecule has 0 nitrogen and oxygen atoms in total. The van der Waals surface area contributed by atoms with Crippen LogP contribution in [0.5, 0.6) is 0 Å². The molecule has 0 bridgehead atoms. The molecule has 0 atom stereocenters. The van der Waals surface area contributed by atoms with E-state index < -0.39 is 0 Å². The molecule has 0 aromatic carbocycles. The Morgan fingerprint density at radius 3 is 1.14 bits per heavy atom. The van der Waals surface area contributed by atoms with Crippen LogP contribution in [0.1, 0.15) is 68.2 Å². The molecule has 0 rings (SSSR count). The maximum Gasteiger partial charge on any atom is -0.0439 e. The van der Waals surface area contributed by atoms with E-state index in [9.17, 15) is 0 Å². The third-order valence-electron chi connectivity index (χ3n) is 0.451. The predicted octanol–water partition coefficient (Wildman–Crippen LogP) is 6.00. The molecule has 0 heterocycles. The van der Waals surface area contributed by atoms with Crippen LogP contribution < -0.4 is 0 Å². The van der Waals surface area contributed by atoms with Crippen LogP contribution >= 0.6 is 0 Å². The maximum absolute atomic E-state index is 3.52. The van der Waals surface area contributed by atoms with Gasteiger partial charge in [0.05, 0.1) is 0 Å². The van der Waals surface area contributed by atoms with E-state index in [0.29, 0.717) is 0 Å². The van der Waals surface area contributed by atoms with Crippen molar-refractivity contribution in [3.8, 4) is 0 Å². The van der Waals surface area contributed by atoms with Gasteiger partial charge in [-0.15, -0.1) is 0 Å². The first kappa shape index (κ1) is 23.4. The lowest BCUT2D eigenvalue weighted by Gasteiger charge is -1.76. The molecular formula is C14H32. The Kier molecular flexibility index (Phi) is 65.4. The summed E-state index contributed by atoms with van der Waals surface area (Å²) in [5.41, 5.74) is 1.30. The summed E-state index contributed by atoms with van der Waals surface area (Å²) in [7, 11) is 0. The molecule has 0 saturated heterocycles. The fraction of sp³-hybridized carbons (Fsp3) is 0.714. The molecule has 0 radical (unpaired) electrons. The van der Waals surface area contributed by atoms with Crippen LogP contribution in [0.25, 0.3) is 0 Å². The van der Waals surface area contributed by atoms with Gasteiger partial charge in [-0.2, -0.15) is 0 Å². The van der Waals surface area contributed by atoms with Gasteiger partial charge in [0.1, 0.15) is 0 Å². The molecule has 0 aliphatic carbocycles. The molecule has 0 aliphatic rings. The average molecular weight is 200 g/mol. The first-order valence-corrected chi connectivity index (χ1v) is 5.86. The SMILES string of the molecule is C=CC=C(C)C.CC.CCC.CCC. The number of hydrogen-bond donors (Lipinski definition) is 0. The van der Waals surface area contributed by atoms with Crippen molar-refractivity contribution in [1.29, 1.82) is 0 Å². The van der Waals surface area contributed by atoms with Crippen molar-refractivity contribution in [2.24, 2.45) is 0 Å². The van der Waals surface area contributed by atoms with Crippen LogP contribution in [0.2, 0.25) is 0 Å². The molecule has 0 amide bonds. The maximum atomic E-state index is 3.52. The van der Waals surface area contributed by atoms with E-state index in [0.717, 1.165) is 0 Å². The van der Waals surface area contributed by atoms with Gasteiger partial charge in [-0.3, -0.25) is 0 Å². The van der Waals surface area contributed by atoms with Crippen molar-refractivity contribution < 1.29 is 0 Å². The van der Waals surface area contributed by atoms with Crippen LogP contribution in [0, 0.1) is 0 Å². The molecule has 0 heteroatoms. The summed E-state index contributed by atoms with van der Waals surface area (Å²) in [6.45, 7) is 20.1. The molecular weight excluding hydrogens is 168 g/mol. The molecule has 0 spiro atoms. The lowest BCUT2D eigenvalue weighted by Crippen LogP contribution is -1.54. The van der Waals surface area contributed by atoms with Crippen LogP contribution in [0.4, 0.5) is 0 Å². The standard InChI is InChI=1S/C6H10.2C3H8.C2H6/c1-4-5-6(2)3;2*1-3-2;1-2/h4-5H,1H2,2-3H3;2*3H2,1-2H3;1-2H3. The van der Waals surface area contributed by atoms with Crippen molar-refractivity contribution in [2.75, 3.05) is 0 Å². The highest BCUT2D eigenvalue weighted by Crippen LogP contribution is 1.85. The second kappa shape index (κ2) is 39.2. The van der Waals surface area contributed by atoms with Gasteiger partial charge >= 0.3 is 0 Å². The van der Waals surface area contributed by atoms with Crippen molar-refractivity contribution in [2.45, 2.75) is 68.2 Å². The lowest BCUT2D eigenvalue weighted by atomic mass is 10.3. The largest absolute Gasteiger partial charge is 0.0991 e. The molecule has 0 unspecified atom stereocenters. The van der Waals surface area contributed by atoms with E-state index in [1.165, 1.54) is 18.4 Å². The van der Waals surface area contributed by atoms with E-state index in [2.05, 4.69) is 34.3 Å². The summed E-state index contributed by atoms with van der Waals surface area (Å²) in [6, 6.07) is 0. The zero-order valence-electron chi connectivity index (χ0n) is 11.8. The topological polar surface area (TPSA) is 0 Å². The third kappa shape index (κ3) is 205. The van der Waals surface area contributed by atoms with Crippen LogP contribution in [0.3, 0.4) is 0 Å². The van der Waals surface area contributed by atoms with E-state index in [1.54, 1.807) is 6.08 Å². The van der Waals surface area contributed by atoms with Crippen LogP contribution in [0.15, 0.2) is 24.3 Å². The van der Waals surface area contributed by atoms with E-state index in [-0.39, 0.29) is 0 Å². The number of rotatable bonds is 1. The second-order valence-corrected chi connectivity index (χ2v) is 2.89. The van der Waals surface area contributed by atoms with Gasteiger partial charge in [0.15, 0.2) is 0 Å². The minimum Gasteiger partial charge on any atom is -0.0991 e. The summed E-state index contributed by atoms with van der Waals surface area (Å²) >= 11 is 0. The second-order valence-electron chi connectivity index (χ2n) is 2.89. The number of hydrogen-bond acceptors (Lipinski definition) is 0. The Bertz CT molecular complexity index is 82.2. The fourth-order valence-corrected chi connectivity index (χ4v) is 0.236. The normalized spacial score (nSPS) is 6.00. The molecule has 0 aromatic rings. The smallest absolute Gasteiger partial charge is 0.0439 e. The Hall–Kier alpha value is -0.520. The van der Waals surface area contributed by atoms with E-state index in [4.69, 9.17) is 0 Å². The minimum atomic E-state index is 1.25. The van der Waals surface area contributed by atoms with E-state index >= 15 is 0 Å². The summed E-state index contributed by atoms with van der Waals surface area (Å²) < 4.78 is 0. The van der Waals surface area contributed by atoms with Gasteiger partial charge in [-0.05, 0) is 13.8 Å². The third-order valence-corrected chi connectivity index (χ3v) is 0.451. The van der Waals surface area contributed by atoms with Crippen LogP contribution in [-0.4, -0.2) is 0 Å². The first-order valence-electron chi connectivity index (χ1n) is 5.86. The number of allylic oxidation sites excluding steroid dienone is 3. The molecule has 0 N–H and O–H groups in total. The van der Waals surface area contributed by atoms with Gasteiger partial charge in [0.2, 0.25) is 0 Å². The van der Waals surface area contributed by atoms with E-state index in [1.807, 2.05) is 33.8 Å². The Labute approximate surface area is 93.1 Å². The van der Waals surface area contributed by atoms with Gasteiger partial charge in [-0.1, -0.05) is 78.7 Å². The lowest BCUT2D eigenvalue weighted by molar-refractivity contribution is 1.09. The molecule has 0 saturated carbocycles. The van der Waals surface area contributed by atoms with Crippen molar-refractivity contribution in [3.05, 3.63) is 24.3 Å². The Morgan fingerprint density at radius 2 is 1.14 bits per heavy atom. The van der Waals surface area contributed by atoms with Crippen molar-refractivity contribution in [1.82, 2.24) is 0 Å². The predicted molar refractivity (Wildman–Crippen MR) is 72.9 cm³/mol. The van der Waals surface area contributed by atoms with Gasteiger partial charge < -0.3 is 0 Å². The highest BCUT2D eigenvalue weighted by molar-refractivity contribution is 5.04. The molecule has 0 aromatic heterocycles. The van der Waals surface area contributed by atoms with Crippen molar-refractivity contribution >= 4 is 0 Å². The highest BCUT2D eigenvalue weighted by atomic mass is 13.7.